The van der Waals surface area contributed by atoms with Crippen LogP contribution in [-0.4, -0.2) is 49.2 Å². The molecule has 0 bridgehead atoms. The van der Waals surface area contributed by atoms with Crippen molar-refractivity contribution in [3.8, 4) is 0 Å². The summed E-state index contributed by atoms with van der Waals surface area (Å²) >= 11 is 0. The van der Waals surface area contributed by atoms with Gasteiger partial charge in [-0.25, -0.2) is 0 Å². The molecule has 1 heterocycles. The fourth-order valence-corrected chi connectivity index (χ4v) is 2.41. The molecule has 0 aliphatic carbocycles. The Hall–Kier alpha value is -1.01. The number of morpholine rings is 1. The lowest BCUT2D eigenvalue weighted by atomic mass is 10.1. The van der Waals surface area contributed by atoms with Gasteiger partial charge in [0.1, 0.15) is 0 Å². The number of hydrogen-bond donors (Lipinski definition) is 2. The highest BCUT2D eigenvalue weighted by Crippen LogP contribution is 2.12. The van der Waals surface area contributed by atoms with Gasteiger partial charge in [0.05, 0.1) is 18.8 Å². The minimum absolute atomic E-state index is 0. The van der Waals surface area contributed by atoms with Crippen LogP contribution in [0.4, 0.5) is 5.69 Å². The molecular weight excluding hydrogens is 325 g/mol. The van der Waals surface area contributed by atoms with E-state index in [4.69, 9.17) is 10.5 Å². The third-order valence-electron chi connectivity index (χ3n) is 3.91. The number of ether oxygens (including phenoxy) is 1. The van der Waals surface area contributed by atoms with Crippen molar-refractivity contribution in [1.82, 2.24) is 10.2 Å². The van der Waals surface area contributed by atoms with Crippen molar-refractivity contribution in [3.05, 3.63) is 29.8 Å². The first-order valence-electron chi connectivity index (χ1n) is 7.06. The fourth-order valence-electron chi connectivity index (χ4n) is 2.41. The third kappa shape index (κ3) is 5.32. The summed E-state index contributed by atoms with van der Waals surface area (Å²) in [5.74, 6) is -0.115. The highest BCUT2D eigenvalue weighted by Gasteiger charge is 2.23. The minimum Gasteiger partial charge on any atom is -0.398 e. The molecule has 1 fully saturated rings. The second-order valence-electron chi connectivity index (χ2n) is 5.24. The number of nitrogens with zero attached hydrogens (tertiary/aromatic N) is 1. The van der Waals surface area contributed by atoms with Gasteiger partial charge in [0, 0.05) is 30.9 Å². The molecule has 3 N–H and O–H groups in total. The van der Waals surface area contributed by atoms with E-state index in [2.05, 4.69) is 17.1 Å². The summed E-state index contributed by atoms with van der Waals surface area (Å²) in [6, 6.07) is 7.46. The van der Waals surface area contributed by atoms with Gasteiger partial charge in [0.2, 0.25) is 0 Å². The van der Waals surface area contributed by atoms with Crippen molar-refractivity contribution in [1.29, 1.82) is 0 Å². The Morgan fingerprint density at radius 3 is 2.41 bits per heavy atom. The number of nitrogens with one attached hydrogen (secondary N) is 1. The summed E-state index contributed by atoms with van der Waals surface area (Å²) in [5, 5.41) is 3.03. The van der Waals surface area contributed by atoms with Crippen molar-refractivity contribution in [2.45, 2.75) is 25.9 Å². The Kier molecular flexibility index (Phi) is 9.44. The van der Waals surface area contributed by atoms with E-state index < -0.39 is 0 Å². The molecule has 2 unspecified atom stereocenters. The van der Waals surface area contributed by atoms with E-state index in [1.807, 2.05) is 19.1 Å². The Morgan fingerprint density at radius 1 is 1.23 bits per heavy atom. The molecule has 5 nitrogen and oxygen atoms in total. The van der Waals surface area contributed by atoms with E-state index in [0.29, 0.717) is 11.3 Å². The van der Waals surface area contributed by atoms with Crippen LogP contribution in [0.15, 0.2) is 24.3 Å². The number of nitrogen functional groups attached to an aromatic ring is 1. The van der Waals surface area contributed by atoms with Crippen LogP contribution in [0.5, 0.6) is 0 Å². The van der Waals surface area contributed by atoms with Crippen LogP contribution in [0.1, 0.15) is 24.2 Å². The number of carbonyl (C=O) groups excluding carboxylic acids is 1. The SMILES string of the molecule is CC(NC(=O)c1ccccc1N)C(C)N1CCOCC1.Cl.Cl. The maximum atomic E-state index is 12.2. The smallest absolute Gasteiger partial charge is 0.253 e. The van der Waals surface area contributed by atoms with Gasteiger partial charge in [-0.3, -0.25) is 9.69 Å². The molecule has 1 aromatic carbocycles. The molecule has 0 aromatic heterocycles. The van der Waals surface area contributed by atoms with E-state index in [-0.39, 0.29) is 42.8 Å². The molecule has 1 aliphatic rings. The molecule has 1 aliphatic heterocycles. The molecule has 2 rings (SSSR count). The van der Waals surface area contributed by atoms with Crippen molar-refractivity contribution >= 4 is 36.4 Å². The average Bonchev–Trinajstić information content (AvgIpc) is 2.47. The lowest BCUT2D eigenvalue weighted by Crippen LogP contribution is -2.52. The number of benzene rings is 1. The molecule has 1 saturated heterocycles. The Labute approximate surface area is 144 Å². The first-order chi connectivity index (χ1) is 9.59. The zero-order valence-corrected chi connectivity index (χ0v) is 14.6. The Balaban J connectivity index is 0.00000220. The molecule has 0 radical (unpaired) electrons. The summed E-state index contributed by atoms with van der Waals surface area (Å²) in [4.78, 5) is 14.6. The van der Waals surface area contributed by atoms with Crippen molar-refractivity contribution in [2.75, 3.05) is 32.0 Å². The topological polar surface area (TPSA) is 67.6 Å². The maximum Gasteiger partial charge on any atom is 0.253 e. The standard InChI is InChI=1S/C15H23N3O2.2ClH/c1-11(12(2)18-7-9-20-10-8-18)17-15(19)13-5-3-4-6-14(13)16;;/h3-6,11-12H,7-10,16H2,1-2H3,(H,17,19);2*1H. The molecule has 0 saturated carbocycles. The molecule has 0 spiro atoms. The van der Waals surface area contributed by atoms with Crippen LogP contribution >= 0.6 is 24.8 Å². The van der Waals surface area contributed by atoms with Crippen LogP contribution < -0.4 is 11.1 Å². The summed E-state index contributed by atoms with van der Waals surface area (Å²) < 4.78 is 5.35. The molecule has 1 amide bonds. The number of amides is 1. The van der Waals surface area contributed by atoms with Crippen molar-refractivity contribution < 1.29 is 9.53 Å². The highest BCUT2D eigenvalue weighted by molar-refractivity contribution is 5.99. The van der Waals surface area contributed by atoms with Gasteiger partial charge in [0.15, 0.2) is 0 Å². The zero-order valence-electron chi connectivity index (χ0n) is 13.0. The summed E-state index contributed by atoms with van der Waals surface area (Å²) in [7, 11) is 0. The first-order valence-corrected chi connectivity index (χ1v) is 7.06. The Bertz CT molecular complexity index is 468. The number of halogens is 2. The summed E-state index contributed by atoms with van der Waals surface area (Å²) in [5.41, 5.74) is 6.87. The van der Waals surface area contributed by atoms with E-state index >= 15 is 0 Å². The predicted molar refractivity (Wildman–Crippen MR) is 94.1 cm³/mol. The number of hydrogen-bond acceptors (Lipinski definition) is 4. The summed E-state index contributed by atoms with van der Waals surface area (Å²) in [6.07, 6.45) is 0. The molecule has 7 heteroatoms. The second-order valence-corrected chi connectivity index (χ2v) is 5.24. The van der Waals surface area contributed by atoms with E-state index in [1.54, 1.807) is 12.1 Å². The van der Waals surface area contributed by atoms with Gasteiger partial charge in [-0.15, -0.1) is 24.8 Å². The maximum absolute atomic E-state index is 12.2. The minimum atomic E-state index is -0.115. The van der Waals surface area contributed by atoms with E-state index in [1.165, 1.54) is 0 Å². The third-order valence-corrected chi connectivity index (χ3v) is 3.91. The van der Waals surface area contributed by atoms with Crippen LogP contribution in [-0.2, 0) is 4.74 Å². The molecular formula is C15H25Cl2N3O2. The van der Waals surface area contributed by atoms with Gasteiger partial charge in [0.25, 0.3) is 5.91 Å². The monoisotopic (exact) mass is 349 g/mol. The second kappa shape index (κ2) is 9.90. The van der Waals surface area contributed by atoms with Gasteiger partial charge < -0.3 is 15.8 Å². The van der Waals surface area contributed by atoms with Crippen LogP contribution in [0.25, 0.3) is 0 Å². The van der Waals surface area contributed by atoms with Crippen LogP contribution in [0, 0.1) is 0 Å². The molecule has 126 valence electrons. The van der Waals surface area contributed by atoms with E-state index in [9.17, 15) is 4.79 Å². The lowest BCUT2D eigenvalue weighted by molar-refractivity contribution is 0.0137. The predicted octanol–water partition coefficient (Wildman–Crippen LogP) is 1.95. The van der Waals surface area contributed by atoms with Gasteiger partial charge in [-0.2, -0.15) is 0 Å². The summed E-state index contributed by atoms with van der Waals surface area (Å²) in [6.45, 7) is 7.50. The number of anilines is 1. The largest absolute Gasteiger partial charge is 0.398 e. The molecule has 1 aromatic rings. The number of carbonyl (C=O) groups is 1. The fraction of sp³-hybridized carbons (Fsp3) is 0.533. The average molecular weight is 350 g/mol. The Morgan fingerprint density at radius 2 is 1.82 bits per heavy atom. The quantitative estimate of drug-likeness (QED) is 0.815. The first kappa shape index (κ1) is 21.0. The van der Waals surface area contributed by atoms with Crippen LogP contribution in [0.3, 0.4) is 0 Å². The number of nitrogens with two attached hydrogens (primary N) is 1. The number of rotatable bonds is 4. The number of para-hydroxylation sites is 1. The molecule has 22 heavy (non-hydrogen) atoms. The van der Waals surface area contributed by atoms with Gasteiger partial charge in [-0.05, 0) is 26.0 Å². The lowest BCUT2D eigenvalue weighted by Gasteiger charge is -2.35. The van der Waals surface area contributed by atoms with Crippen molar-refractivity contribution in [3.63, 3.8) is 0 Å². The van der Waals surface area contributed by atoms with Crippen molar-refractivity contribution in [2.24, 2.45) is 0 Å². The normalized spacial score (nSPS) is 17.5. The van der Waals surface area contributed by atoms with Crippen LogP contribution in [0.2, 0.25) is 0 Å². The van der Waals surface area contributed by atoms with Gasteiger partial charge in [-0.1, -0.05) is 12.1 Å². The molecule has 2 atom stereocenters. The zero-order chi connectivity index (χ0) is 14.5. The highest BCUT2D eigenvalue weighted by atomic mass is 35.5. The van der Waals surface area contributed by atoms with E-state index in [0.717, 1.165) is 26.3 Å². The van der Waals surface area contributed by atoms with Gasteiger partial charge >= 0.3 is 0 Å².